The van der Waals surface area contributed by atoms with E-state index in [1.54, 1.807) is 7.11 Å². The molecule has 3 nitrogen and oxygen atoms in total. The Hall–Kier alpha value is -0.870. The molecule has 0 aliphatic carbocycles. The van der Waals surface area contributed by atoms with E-state index >= 15 is 0 Å². The Morgan fingerprint density at radius 1 is 1.50 bits per heavy atom. The number of hydrogen-bond donors (Lipinski definition) is 1. The summed E-state index contributed by atoms with van der Waals surface area (Å²) >= 11 is 2.04. The third-order valence-electron chi connectivity index (χ3n) is 3.30. The van der Waals surface area contributed by atoms with Crippen molar-refractivity contribution in [3.05, 3.63) is 23.8 Å². The smallest absolute Gasteiger partial charge is 0.125 e. The topological polar surface area (TPSA) is 38.5 Å². The highest BCUT2D eigenvalue weighted by Crippen LogP contribution is 2.35. The van der Waals surface area contributed by atoms with E-state index in [0.29, 0.717) is 5.25 Å². The zero-order valence-corrected chi connectivity index (χ0v) is 12.2. The molecular formula is C14H22N2OS. The first-order valence-corrected chi connectivity index (χ1v) is 7.47. The van der Waals surface area contributed by atoms with Crippen molar-refractivity contribution in [3.8, 4) is 5.75 Å². The quantitative estimate of drug-likeness (QED) is 0.913. The van der Waals surface area contributed by atoms with Gasteiger partial charge in [-0.2, -0.15) is 11.8 Å². The zero-order valence-electron chi connectivity index (χ0n) is 11.3. The van der Waals surface area contributed by atoms with Gasteiger partial charge in [-0.1, -0.05) is 13.0 Å². The third-order valence-corrected chi connectivity index (χ3v) is 4.44. The summed E-state index contributed by atoms with van der Waals surface area (Å²) in [5.41, 5.74) is 8.48. The highest BCUT2D eigenvalue weighted by atomic mass is 32.2. The zero-order chi connectivity index (χ0) is 13.1. The molecule has 2 atom stereocenters. The maximum Gasteiger partial charge on any atom is 0.125 e. The van der Waals surface area contributed by atoms with Gasteiger partial charge in [-0.25, -0.2) is 0 Å². The fraction of sp³-hybridized carbons (Fsp3) is 0.571. The lowest BCUT2D eigenvalue weighted by molar-refractivity contribution is 0.407. The van der Waals surface area contributed by atoms with Crippen LogP contribution in [0.4, 0.5) is 5.69 Å². The summed E-state index contributed by atoms with van der Waals surface area (Å²) in [6, 6.07) is 6.18. The molecule has 2 rings (SSSR count). The van der Waals surface area contributed by atoms with Crippen molar-refractivity contribution in [2.75, 3.05) is 30.9 Å². The molecule has 1 aromatic carbocycles. The van der Waals surface area contributed by atoms with Crippen molar-refractivity contribution in [2.24, 2.45) is 5.73 Å². The lowest BCUT2D eigenvalue weighted by atomic mass is 10.0. The monoisotopic (exact) mass is 266 g/mol. The molecule has 1 aliphatic rings. The lowest BCUT2D eigenvalue weighted by Crippen LogP contribution is -2.37. The van der Waals surface area contributed by atoms with Gasteiger partial charge in [-0.3, -0.25) is 0 Å². The summed E-state index contributed by atoms with van der Waals surface area (Å²) < 4.78 is 5.45. The summed E-state index contributed by atoms with van der Waals surface area (Å²) in [6.45, 7) is 6.46. The number of nitrogens with zero attached hydrogens (tertiary/aromatic N) is 1. The molecule has 0 spiro atoms. The summed E-state index contributed by atoms with van der Waals surface area (Å²) in [7, 11) is 1.71. The Bertz CT molecular complexity index is 409. The Morgan fingerprint density at radius 2 is 2.28 bits per heavy atom. The van der Waals surface area contributed by atoms with E-state index in [2.05, 4.69) is 17.9 Å². The fourth-order valence-corrected chi connectivity index (χ4v) is 3.49. The van der Waals surface area contributed by atoms with Gasteiger partial charge in [-0.05, 0) is 19.1 Å². The van der Waals surface area contributed by atoms with Crippen LogP contribution in [0.15, 0.2) is 18.2 Å². The molecule has 0 amide bonds. The van der Waals surface area contributed by atoms with Crippen LogP contribution in [-0.2, 0) is 0 Å². The summed E-state index contributed by atoms with van der Waals surface area (Å²) in [4.78, 5) is 2.43. The van der Waals surface area contributed by atoms with Gasteiger partial charge in [0.2, 0.25) is 0 Å². The van der Waals surface area contributed by atoms with Crippen molar-refractivity contribution in [1.29, 1.82) is 0 Å². The van der Waals surface area contributed by atoms with Crippen LogP contribution in [-0.4, -0.2) is 31.2 Å². The molecule has 2 N–H and O–H groups in total. The molecule has 1 aromatic rings. The number of methoxy groups -OCH3 is 1. The van der Waals surface area contributed by atoms with E-state index in [-0.39, 0.29) is 6.04 Å². The summed E-state index contributed by atoms with van der Waals surface area (Å²) in [5, 5.41) is 0.672. The van der Waals surface area contributed by atoms with Crippen LogP contribution in [0.1, 0.15) is 25.5 Å². The Labute approximate surface area is 114 Å². The molecule has 2 unspecified atom stereocenters. The van der Waals surface area contributed by atoms with Crippen LogP contribution in [0.5, 0.6) is 5.75 Å². The normalized spacial score (nSPS) is 21.8. The van der Waals surface area contributed by atoms with E-state index in [9.17, 15) is 0 Å². The number of nitrogens with two attached hydrogens (primary N) is 1. The predicted molar refractivity (Wildman–Crippen MR) is 79.7 cm³/mol. The van der Waals surface area contributed by atoms with Crippen LogP contribution in [0.3, 0.4) is 0 Å². The number of anilines is 1. The first kappa shape index (κ1) is 13.6. The molecule has 18 heavy (non-hydrogen) atoms. The highest BCUT2D eigenvalue weighted by molar-refractivity contribution is 8.00. The van der Waals surface area contributed by atoms with E-state index < -0.39 is 0 Å². The van der Waals surface area contributed by atoms with E-state index in [0.717, 1.165) is 24.4 Å². The number of rotatable bonds is 3. The Balaban J connectivity index is 2.36. The highest BCUT2D eigenvalue weighted by Gasteiger charge is 2.22. The van der Waals surface area contributed by atoms with Crippen LogP contribution < -0.4 is 15.4 Å². The van der Waals surface area contributed by atoms with Gasteiger partial charge >= 0.3 is 0 Å². The molecule has 0 saturated carbocycles. The van der Waals surface area contributed by atoms with Crippen molar-refractivity contribution in [1.82, 2.24) is 0 Å². The summed E-state index contributed by atoms with van der Waals surface area (Å²) in [5.74, 6) is 2.07. The first-order valence-electron chi connectivity index (χ1n) is 6.42. The van der Waals surface area contributed by atoms with Gasteiger partial charge in [0, 0.05) is 41.4 Å². The van der Waals surface area contributed by atoms with Gasteiger partial charge in [0.1, 0.15) is 5.75 Å². The van der Waals surface area contributed by atoms with Gasteiger partial charge in [0.25, 0.3) is 0 Å². The number of ether oxygens (including phenoxy) is 1. The first-order chi connectivity index (χ1) is 8.63. The average molecular weight is 266 g/mol. The SMILES string of the molecule is COc1cccc(N2CCSC(C)C2)c1C(C)N. The minimum atomic E-state index is -0.0129. The predicted octanol–water partition coefficient (Wildman–Crippen LogP) is 2.66. The van der Waals surface area contributed by atoms with Gasteiger partial charge in [0.15, 0.2) is 0 Å². The molecule has 0 radical (unpaired) electrons. The minimum absolute atomic E-state index is 0.0129. The second-order valence-electron chi connectivity index (χ2n) is 4.81. The second-order valence-corrected chi connectivity index (χ2v) is 6.36. The molecule has 1 saturated heterocycles. The van der Waals surface area contributed by atoms with E-state index in [4.69, 9.17) is 10.5 Å². The molecule has 1 heterocycles. The van der Waals surface area contributed by atoms with Crippen molar-refractivity contribution >= 4 is 17.4 Å². The van der Waals surface area contributed by atoms with Crippen LogP contribution >= 0.6 is 11.8 Å². The standard InChI is InChI=1S/C14H22N2OS/c1-10-9-16(7-8-18-10)12-5-4-6-13(17-3)14(12)11(2)15/h4-6,10-11H,7-9,15H2,1-3H3. The van der Waals surface area contributed by atoms with Gasteiger partial charge in [-0.15, -0.1) is 0 Å². The maximum absolute atomic E-state index is 6.12. The largest absolute Gasteiger partial charge is 0.496 e. The average Bonchev–Trinajstić information content (AvgIpc) is 2.37. The minimum Gasteiger partial charge on any atom is -0.496 e. The molecule has 0 aromatic heterocycles. The van der Waals surface area contributed by atoms with E-state index in [1.165, 1.54) is 11.4 Å². The Morgan fingerprint density at radius 3 is 2.89 bits per heavy atom. The van der Waals surface area contributed by atoms with Gasteiger partial charge in [0.05, 0.1) is 7.11 Å². The molecule has 1 aliphatic heterocycles. The fourth-order valence-electron chi connectivity index (χ4n) is 2.48. The van der Waals surface area contributed by atoms with Crippen LogP contribution in [0.25, 0.3) is 0 Å². The molecule has 4 heteroatoms. The molecule has 1 fully saturated rings. The van der Waals surface area contributed by atoms with E-state index in [1.807, 2.05) is 30.8 Å². The van der Waals surface area contributed by atoms with Crippen molar-refractivity contribution < 1.29 is 4.74 Å². The second kappa shape index (κ2) is 5.85. The number of thioether (sulfide) groups is 1. The summed E-state index contributed by atoms with van der Waals surface area (Å²) in [6.07, 6.45) is 0. The third kappa shape index (κ3) is 2.75. The molecule has 100 valence electrons. The number of benzene rings is 1. The van der Waals surface area contributed by atoms with Crippen LogP contribution in [0.2, 0.25) is 0 Å². The van der Waals surface area contributed by atoms with Crippen molar-refractivity contribution in [3.63, 3.8) is 0 Å². The lowest BCUT2D eigenvalue weighted by Gasteiger charge is -2.34. The van der Waals surface area contributed by atoms with Gasteiger partial charge < -0.3 is 15.4 Å². The molecular weight excluding hydrogens is 244 g/mol. The number of hydrogen-bond acceptors (Lipinski definition) is 4. The Kier molecular flexibility index (Phi) is 4.40. The van der Waals surface area contributed by atoms with Crippen molar-refractivity contribution in [2.45, 2.75) is 25.1 Å². The molecule has 0 bridgehead atoms. The van der Waals surface area contributed by atoms with Crippen LogP contribution in [0, 0.1) is 0 Å². The maximum atomic E-state index is 6.12.